The molecule has 3 heteroatoms. The minimum atomic E-state index is 0.256. The van der Waals surface area contributed by atoms with Gasteiger partial charge >= 0.3 is 0 Å². The van der Waals surface area contributed by atoms with Gasteiger partial charge in [0.2, 0.25) is 0 Å². The maximum absolute atomic E-state index is 5.23. The van der Waals surface area contributed by atoms with Crippen LogP contribution >= 0.6 is 0 Å². The third-order valence-electron chi connectivity index (χ3n) is 2.43. The molecule has 1 rings (SSSR count). The number of ether oxygens (including phenoxy) is 1. The maximum atomic E-state index is 5.23. The van der Waals surface area contributed by atoms with E-state index in [4.69, 9.17) is 10.6 Å². The van der Waals surface area contributed by atoms with Crippen LogP contribution in [0.3, 0.4) is 0 Å². The SMILES string of the molecule is COC(C)Cc1cccc(CCON)c1. The summed E-state index contributed by atoms with van der Waals surface area (Å²) in [5, 5.41) is 0. The van der Waals surface area contributed by atoms with Gasteiger partial charge in [-0.05, 0) is 30.9 Å². The second-order valence-corrected chi connectivity index (χ2v) is 3.69. The molecule has 0 amide bonds. The van der Waals surface area contributed by atoms with E-state index in [9.17, 15) is 0 Å². The number of benzene rings is 1. The highest BCUT2D eigenvalue weighted by Gasteiger charge is 2.02. The van der Waals surface area contributed by atoms with Crippen LogP contribution in [0.25, 0.3) is 0 Å². The van der Waals surface area contributed by atoms with E-state index < -0.39 is 0 Å². The lowest BCUT2D eigenvalue weighted by Crippen LogP contribution is -2.09. The molecule has 0 bridgehead atoms. The average molecular weight is 209 g/mol. The summed E-state index contributed by atoms with van der Waals surface area (Å²) in [6.45, 7) is 2.62. The Hall–Kier alpha value is -0.900. The molecule has 1 atom stereocenters. The highest BCUT2D eigenvalue weighted by atomic mass is 16.6. The molecule has 2 N–H and O–H groups in total. The molecule has 1 aromatic rings. The Balaban J connectivity index is 2.57. The first-order valence-corrected chi connectivity index (χ1v) is 5.18. The summed E-state index contributed by atoms with van der Waals surface area (Å²) in [6, 6.07) is 8.43. The van der Waals surface area contributed by atoms with Crippen molar-refractivity contribution in [3.8, 4) is 0 Å². The number of hydrogen-bond acceptors (Lipinski definition) is 3. The van der Waals surface area contributed by atoms with Gasteiger partial charge in [-0.15, -0.1) is 0 Å². The van der Waals surface area contributed by atoms with E-state index in [0.29, 0.717) is 6.61 Å². The fraction of sp³-hybridized carbons (Fsp3) is 0.500. The standard InChI is InChI=1S/C12H19NO2/c1-10(14-2)8-12-5-3-4-11(9-12)6-7-15-13/h3-5,9-10H,6-8,13H2,1-2H3. The molecule has 3 nitrogen and oxygen atoms in total. The van der Waals surface area contributed by atoms with Gasteiger partial charge in [-0.1, -0.05) is 24.3 Å². The lowest BCUT2D eigenvalue weighted by atomic mass is 10.0. The molecule has 1 aromatic carbocycles. The van der Waals surface area contributed by atoms with E-state index >= 15 is 0 Å². The molecular formula is C12H19NO2. The normalized spacial score (nSPS) is 12.7. The minimum absolute atomic E-state index is 0.256. The van der Waals surface area contributed by atoms with Gasteiger partial charge in [-0.3, -0.25) is 0 Å². The number of rotatable bonds is 6. The Labute approximate surface area is 91.1 Å². The zero-order valence-corrected chi connectivity index (χ0v) is 9.40. The fourth-order valence-corrected chi connectivity index (χ4v) is 1.50. The minimum Gasteiger partial charge on any atom is -0.381 e. The van der Waals surface area contributed by atoms with Crippen LogP contribution in [0.5, 0.6) is 0 Å². The Morgan fingerprint density at radius 2 is 2.07 bits per heavy atom. The molecule has 1 unspecified atom stereocenters. The van der Waals surface area contributed by atoms with Crippen LogP contribution in [0.15, 0.2) is 24.3 Å². The van der Waals surface area contributed by atoms with Crippen molar-refractivity contribution in [3.05, 3.63) is 35.4 Å². The zero-order chi connectivity index (χ0) is 11.1. The van der Waals surface area contributed by atoms with Crippen molar-refractivity contribution in [2.24, 2.45) is 5.90 Å². The Morgan fingerprint density at radius 1 is 1.33 bits per heavy atom. The van der Waals surface area contributed by atoms with E-state index in [1.54, 1.807) is 7.11 Å². The molecule has 0 aliphatic rings. The Bertz CT molecular complexity index is 289. The summed E-state index contributed by atoms with van der Waals surface area (Å²) in [4.78, 5) is 4.56. The van der Waals surface area contributed by atoms with Gasteiger partial charge in [0.05, 0.1) is 12.7 Å². The summed E-state index contributed by atoms with van der Waals surface area (Å²) in [6.07, 6.45) is 2.05. The van der Waals surface area contributed by atoms with Gasteiger partial charge in [-0.25, -0.2) is 5.90 Å². The van der Waals surface area contributed by atoms with E-state index in [2.05, 4.69) is 36.0 Å². The lowest BCUT2D eigenvalue weighted by Gasteiger charge is -2.10. The monoisotopic (exact) mass is 209 g/mol. The predicted molar refractivity (Wildman–Crippen MR) is 60.5 cm³/mol. The van der Waals surface area contributed by atoms with Crippen LogP contribution in [0, 0.1) is 0 Å². The van der Waals surface area contributed by atoms with Crippen LogP contribution in [0.2, 0.25) is 0 Å². The molecule has 15 heavy (non-hydrogen) atoms. The van der Waals surface area contributed by atoms with Crippen LogP contribution < -0.4 is 5.90 Å². The van der Waals surface area contributed by atoms with Crippen LogP contribution in [-0.2, 0) is 22.4 Å². The Kier molecular flexibility index (Phi) is 5.32. The average Bonchev–Trinajstić information content (AvgIpc) is 2.26. The Morgan fingerprint density at radius 3 is 2.73 bits per heavy atom. The predicted octanol–water partition coefficient (Wildman–Crippen LogP) is 1.70. The van der Waals surface area contributed by atoms with E-state index in [1.165, 1.54) is 11.1 Å². The molecule has 0 saturated carbocycles. The molecule has 0 aromatic heterocycles. The van der Waals surface area contributed by atoms with Gasteiger partial charge in [-0.2, -0.15) is 0 Å². The van der Waals surface area contributed by atoms with Crippen molar-refractivity contribution in [3.63, 3.8) is 0 Å². The topological polar surface area (TPSA) is 44.5 Å². The molecular weight excluding hydrogens is 190 g/mol. The highest BCUT2D eigenvalue weighted by molar-refractivity contribution is 5.24. The summed E-state index contributed by atoms with van der Waals surface area (Å²) in [7, 11) is 1.73. The molecule has 0 saturated heterocycles. The van der Waals surface area contributed by atoms with Gasteiger partial charge < -0.3 is 9.57 Å². The molecule has 0 aliphatic carbocycles. The quantitative estimate of drug-likeness (QED) is 0.725. The molecule has 0 heterocycles. The third kappa shape index (κ3) is 4.42. The number of nitrogens with two attached hydrogens (primary N) is 1. The van der Waals surface area contributed by atoms with Crippen LogP contribution in [-0.4, -0.2) is 19.8 Å². The number of methoxy groups -OCH3 is 1. The van der Waals surface area contributed by atoms with Crippen LogP contribution in [0.1, 0.15) is 18.1 Å². The molecule has 0 fully saturated rings. The molecule has 0 radical (unpaired) electrons. The fourth-order valence-electron chi connectivity index (χ4n) is 1.50. The van der Waals surface area contributed by atoms with Crippen molar-refractivity contribution in [1.29, 1.82) is 0 Å². The van der Waals surface area contributed by atoms with E-state index in [1.807, 2.05) is 0 Å². The highest BCUT2D eigenvalue weighted by Crippen LogP contribution is 2.09. The van der Waals surface area contributed by atoms with Crippen molar-refractivity contribution < 1.29 is 9.57 Å². The van der Waals surface area contributed by atoms with Crippen LogP contribution in [0.4, 0.5) is 0 Å². The second kappa shape index (κ2) is 6.56. The lowest BCUT2D eigenvalue weighted by molar-refractivity contribution is 0.119. The second-order valence-electron chi connectivity index (χ2n) is 3.69. The zero-order valence-electron chi connectivity index (χ0n) is 9.40. The van der Waals surface area contributed by atoms with E-state index in [0.717, 1.165) is 12.8 Å². The van der Waals surface area contributed by atoms with Crippen molar-refractivity contribution >= 4 is 0 Å². The van der Waals surface area contributed by atoms with Crippen molar-refractivity contribution in [2.45, 2.75) is 25.9 Å². The summed E-state index contributed by atoms with van der Waals surface area (Å²) >= 11 is 0. The number of hydrogen-bond donors (Lipinski definition) is 1. The van der Waals surface area contributed by atoms with Gasteiger partial charge in [0.1, 0.15) is 0 Å². The van der Waals surface area contributed by atoms with Crippen molar-refractivity contribution in [2.75, 3.05) is 13.7 Å². The van der Waals surface area contributed by atoms with Crippen molar-refractivity contribution in [1.82, 2.24) is 0 Å². The molecule has 84 valence electrons. The van der Waals surface area contributed by atoms with E-state index in [-0.39, 0.29) is 6.10 Å². The first-order chi connectivity index (χ1) is 7.26. The van der Waals surface area contributed by atoms with Gasteiger partial charge in [0.15, 0.2) is 0 Å². The third-order valence-corrected chi connectivity index (χ3v) is 2.43. The largest absolute Gasteiger partial charge is 0.381 e. The molecule has 0 aliphatic heterocycles. The van der Waals surface area contributed by atoms with Gasteiger partial charge in [0.25, 0.3) is 0 Å². The summed E-state index contributed by atoms with van der Waals surface area (Å²) in [5.74, 6) is 5.00. The summed E-state index contributed by atoms with van der Waals surface area (Å²) < 4.78 is 5.23. The first kappa shape index (κ1) is 12.2. The summed E-state index contributed by atoms with van der Waals surface area (Å²) in [5.41, 5.74) is 2.54. The maximum Gasteiger partial charge on any atom is 0.0719 e. The first-order valence-electron chi connectivity index (χ1n) is 5.18. The van der Waals surface area contributed by atoms with Gasteiger partial charge in [0, 0.05) is 7.11 Å². The smallest absolute Gasteiger partial charge is 0.0719 e. The molecule has 0 spiro atoms.